The fraction of sp³-hybridized carbons (Fsp3) is 0.630. The number of nitrogens with zero attached hydrogens (tertiary/aromatic N) is 3. The van der Waals surface area contributed by atoms with E-state index in [9.17, 15) is 9.59 Å². The largest absolute Gasteiger partial charge is 0.491 e. The SMILES string of the molecule is CC(C)(C)C#CCNC(=O)COCCOC(COc1cccc(C(=O)NCCCC(C)(C)C)c1)N=[N+]=[N-]. The van der Waals surface area contributed by atoms with E-state index in [4.69, 9.17) is 19.7 Å². The van der Waals surface area contributed by atoms with Gasteiger partial charge < -0.3 is 24.8 Å². The second kappa shape index (κ2) is 16.5. The lowest BCUT2D eigenvalue weighted by molar-refractivity contribution is -0.126. The number of azide groups is 1. The van der Waals surface area contributed by atoms with Crippen LogP contribution in [0.5, 0.6) is 5.75 Å². The Balaban J connectivity index is 2.37. The maximum atomic E-state index is 12.4. The third-order valence-electron chi connectivity index (χ3n) is 4.67. The molecule has 2 N–H and O–H groups in total. The van der Waals surface area contributed by atoms with Gasteiger partial charge in [-0.3, -0.25) is 9.59 Å². The van der Waals surface area contributed by atoms with Crippen LogP contribution in [0.4, 0.5) is 0 Å². The average molecular weight is 516 g/mol. The molecular weight excluding hydrogens is 474 g/mol. The first kappa shape index (κ1) is 31.8. The van der Waals surface area contributed by atoms with E-state index in [0.29, 0.717) is 17.9 Å². The topological polar surface area (TPSA) is 135 Å². The highest BCUT2D eigenvalue weighted by Gasteiger charge is 2.12. The van der Waals surface area contributed by atoms with Gasteiger partial charge in [0.25, 0.3) is 5.91 Å². The Morgan fingerprint density at radius 3 is 2.57 bits per heavy atom. The van der Waals surface area contributed by atoms with E-state index in [2.05, 4.69) is 53.3 Å². The molecule has 0 aromatic heterocycles. The summed E-state index contributed by atoms with van der Waals surface area (Å²) in [5.74, 6) is 5.92. The molecule has 0 aliphatic heterocycles. The van der Waals surface area contributed by atoms with Crippen LogP contribution in [0.3, 0.4) is 0 Å². The van der Waals surface area contributed by atoms with Crippen molar-refractivity contribution in [3.63, 3.8) is 0 Å². The van der Waals surface area contributed by atoms with Crippen molar-refractivity contribution in [1.82, 2.24) is 10.6 Å². The van der Waals surface area contributed by atoms with Crippen molar-refractivity contribution in [3.8, 4) is 17.6 Å². The molecule has 0 spiro atoms. The summed E-state index contributed by atoms with van der Waals surface area (Å²) in [6.45, 7) is 13.4. The Kier molecular flexibility index (Phi) is 14.2. The number of amides is 2. The number of ether oxygens (including phenoxy) is 3. The Hall–Kier alpha value is -3.25. The van der Waals surface area contributed by atoms with Crippen LogP contribution in [0.1, 0.15) is 64.7 Å². The third-order valence-corrected chi connectivity index (χ3v) is 4.67. The highest BCUT2D eigenvalue weighted by atomic mass is 16.6. The van der Waals surface area contributed by atoms with Gasteiger partial charge in [-0.1, -0.05) is 43.8 Å². The lowest BCUT2D eigenvalue weighted by atomic mass is 9.91. The molecule has 0 saturated carbocycles. The van der Waals surface area contributed by atoms with E-state index in [1.165, 1.54) is 0 Å². The van der Waals surface area contributed by atoms with Crippen molar-refractivity contribution < 1.29 is 23.8 Å². The molecule has 0 saturated heterocycles. The Labute approximate surface area is 220 Å². The standard InChI is InChI=1S/C27H41N5O5/c1-26(2,3)12-8-14-29-23(33)19-35-16-17-36-24(31-32-28)20-37-22-11-7-10-21(18-22)25(34)30-15-9-13-27(4,5)6/h7,10-11,18,24H,9,13-17,19-20H2,1-6H3,(H,29,33)(H,30,34). The van der Waals surface area contributed by atoms with Gasteiger partial charge in [0.15, 0.2) is 6.23 Å². The van der Waals surface area contributed by atoms with Crippen LogP contribution >= 0.6 is 0 Å². The summed E-state index contributed by atoms with van der Waals surface area (Å²) in [5, 5.41) is 9.14. The molecule has 1 atom stereocenters. The highest BCUT2D eigenvalue weighted by Crippen LogP contribution is 2.20. The minimum atomic E-state index is -0.898. The van der Waals surface area contributed by atoms with E-state index in [0.717, 1.165) is 12.8 Å². The number of hydrogen-bond donors (Lipinski definition) is 2. The predicted molar refractivity (Wildman–Crippen MR) is 143 cm³/mol. The van der Waals surface area contributed by atoms with Crippen molar-refractivity contribution in [2.24, 2.45) is 15.9 Å². The van der Waals surface area contributed by atoms with Crippen LogP contribution < -0.4 is 15.4 Å². The summed E-state index contributed by atoms with van der Waals surface area (Å²) in [4.78, 5) is 27.0. The normalized spacial score (nSPS) is 11.9. The van der Waals surface area contributed by atoms with Crippen molar-refractivity contribution in [2.75, 3.05) is 39.5 Å². The summed E-state index contributed by atoms with van der Waals surface area (Å²) < 4.78 is 16.4. The molecular formula is C27H41N5O5. The van der Waals surface area contributed by atoms with E-state index in [1.54, 1.807) is 24.3 Å². The summed E-state index contributed by atoms with van der Waals surface area (Å²) >= 11 is 0. The first-order chi connectivity index (χ1) is 17.4. The van der Waals surface area contributed by atoms with Gasteiger partial charge in [-0.05, 0) is 62.8 Å². The van der Waals surface area contributed by atoms with Crippen LogP contribution in [0, 0.1) is 22.7 Å². The number of carbonyl (C=O) groups is 2. The molecule has 204 valence electrons. The van der Waals surface area contributed by atoms with Crippen LogP contribution in [-0.2, 0) is 14.3 Å². The fourth-order valence-corrected chi connectivity index (χ4v) is 2.90. The zero-order valence-electron chi connectivity index (χ0n) is 22.9. The molecule has 1 aromatic rings. The molecule has 37 heavy (non-hydrogen) atoms. The lowest BCUT2D eigenvalue weighted by Gasteiger charge is -2.17. The van der Waals surface area contributed by atoms with Gasteiger partial charge in [0.2, 0.25) is 5.91 Å². The highest BCUT2D eigenvalue weighted by molar-refractivity contribution is 5.94. The summed E-state index contributed by atoms with van der Waals surface area (Å²) in [6, 6.07) is 6.76. The van der Waals surface area contributed by atoms with E-state index in [-0.39, 0.29) is 55.6 Å². The number of nitrogens with one attached hydrogen (secondary N) is 2. The smallest absolute Gasteiger partial charge is 0.251 e. The number of hydrogen-bond acceptors (Lipinski definition) is 6. The van der Waals surface area contributed by atoms with Crippen LogP contribution in [0.2, 0.25) is 0 Å². The average Bonchev–Trinajstić information content (AvgIpc) is 2.81. The molecule has 0 aliphatic rings. The minimum Gasteiger partial charge on any atom is -0.491 e. The third kappa shape index (κ3) is 16.9. The molecule has 10 heteroatoms. The second-order valence-electron chi connectivity index (χ2n) is 10.7. The van der Waals surface area contributed by atoms with Crippen molar-refractivity contribution in [2.45, 2.75) is 60.6 Å². The Morgan fingerprint density at radius 2 is 1.89 bits per heavy atom. The monoisotopic (exact) mass is 515 g/mol. The number of carbonyl (C=O) groups excluding carboxylic acids is 2. The molecule has 10 nitrogen and oxygen atoms in total. The molecule has 1 unspecified atom stereocenters. The molecule has 2 amide bonds. The zero-order chi connectivity index (χ0) is 27.7. The molecule has 0 radical (unpaired) electrons. The van der Waals surface area contributed by atoms with E-state index in [1.807, 2.05) is 20.8 Å². The van der Waals surface area contributed by atoms with Crippen molar-refractivity contribution in [3.05, 3.63) is 40.3 Å². The van der Waals surface area contributed by atoms with Crippen LogP contribution in [-0.4, -0.2) is 57.6 Å². The van der Waals surface area contributed by atoms with Crippen molar-refractivity contribution >= 4 is 11.8 Å². The van der Waals surface area contributed by atoms with Gasteiger partial charge in [-0.15, -0.1) is 0 Å². The fourth-order valence-electron chi connectivity index (χ4n) is 2.90. The minimum absolute atomic E-state index is 0.0480. The van der Waals surface area contributed by atoms with E-state index < -0.39 is 6.23 Å². The number of rotatable bonds is 15. The summed E-state index contributed by atoms with van der Waals surface area (Å²) in [7, 11) is 0. The van der Waals surface area contributed by atoms with Gasteiger partial charge in [0.05, 0.1) is 19.8 Å². The zero-order valence-corrected chi connectivity index (χ0v) is 22.9. The van der Waals surface area contributed by atoms with Gasteiger partial charge in [0.1, 0.15) is 19.0 Å². The molecule has 1 aromatic carbocycles. The number of benzene rings is 1. The molecule has 0 fully saturated rings. The Bertz CT molecular complexity index is 966. The molecule has 0 heterocycles. The maximum Gasteiger partial charge on any atom is 0.251 e. The van der Waals surface area contributed by atoms with Crippen LogP contribution in [0.15, 0.2) is 29.4 Å². The Morgan fingerprint density at radius 1 is 1.14 bits per heavy atom. The molecule has 1 rings (SSSR count). The van der Waals surface area contributed by atoms with E-state index >= 15 is 0 Å². The van der Waals surface area contributed by atoms with Gasteiger partial charge >= 0.3 is 0 Å². The molecule has 0 aliphatic carbocycles. The first-order valence-electron chi connectivity index (χ1n) is 12.4. The lowest BCUT2D eigenvalue weighted by Crippen LogP contribution is -2.29. The quantitative estimate of drug-likeness (QED) is 0.117. The second-order valence-corrected chi connectivity index (χ2v) is 10.7. The van der Waals surface area contributed by atoms with Gasteiger partial charge in [-0.25, -0.2) is 0 Å². The maximum absolute atomic E-state index is 12.4. The van der Waals surface area contributed by atoms with Gasteiger partial charge in [-0.2, -0.15) is 0 Å². The van der Waals surface area contributed by atoms with Crippen molar-refractivity contribution in [1.29, 1.82) is 0 Å². The van der Waals surface area contributed by atoms with Gasteiger partial charge in [0, 0.05) is 22.4 Å². The summed E-state index contributed by atoms with van der Waals surface area (Å²) in [5.41, 5.74) is 9.39. The molecule has 0 bridgehead atoms. The first-order valence-corrected chi connectivity index (χ1v) is 12.4. The summed E-state index contributed by atoms with van der Waals surface area (Å²) in [6.07, 6.45) is 1.02. The predicted octanol–water partition coefficient (Wildman–Crippen LogP) is 4.46. The van der Waals surface area contributed by atoms with Crippen LogP contribution in [0.25, 0.3) is 10.4 Å².